The second kappa shape index (κ2) is 5.45. The van der Waals surface area contributed by atoms with Gasteiger partial charge >= 0.3 is 0 Å². The van der Waals surface area contributed by atoms with E-state index in [2.05, 4.69) is 25.7 Å². The molecule has 1 atom stereocenters. The summed E-state index contributed by atoms with van der Waals surface area (Å²) in [5, 5.41) is 0. The molecule has 0 N–H and O–H groups in total. The van der Waals surface area contributed by atoms with Crippen molar-refractivity contribution < 1.29 is 4.74 Å². The van der Waals surface area contributed by atoms with Crippen LogP contribution < -0.4 is 0 Å². The van der Waals surface area contributed by atoms with E-state index in [4.69, 9.17) is 4.74 Å². The molecule has 1 unspecified atom stereocenters. The first kappa shape index (κ1) is 10.9. The van der Waals surface area contributed by atoms with Crippen LogP contribution in [-0.2, 0) is 4.74 Å². The molecular formula is C10H19BrN2O. The molecule has 3 nitrogen and oxygen atoms in total. The smallest absolute Gasteiger partial charge is 0.0594 e. The third kappa shape index (κ3) is 3.19. The third-order valence-electron chi connectivity index (χ3n) is 3.05. The number of ether oxygens (including phenoxy) is 1. The van der Waals surface area contributed by atoms with E-state index < -0.39 is 0 Å². The van der Waals surface area contributed by atoms with Crippen LogP contribution in [0.3, 0.4) is 0 Å². The minimum atomic E-state index is 0.729. The van der Waals surface area contributed by atoms with Crippen LogP contribution in [0.25, 0.3) is 0 Å². The van der Waals surface area contributed by atoms with Crippen molar-refractivity contribution in [3.05, 3.63) is 0 Å². The molecule has 0 spiro atoms. The normalized spacial score (nSPS) is 31.1. The Morgan fingerprint density at radius 2 is 1.79 bits per heavy atom. The molecule has 0 aromatic rings. The second-order valence-corrected chi connectivity index (χ2v) is 5.44. The maximum Gasteiger partial charge on any atom is 0.0594 e. The lowest BCUT2D eigenvalue weighted by molar-refractivity contribution is 0.0344. The number of morpholine rings is 1. The van der Waals surface area contributed by atoms with E-state index in [0.29, 0.717) is 0 Å². The zero-order chi connectivity index (χ0) is 9.80. The van der Waals surface area contributed by atoms with Crippen molar-refractivity contribution in [3.63, 3.8) is 0 Å². The van der Waals surface area contributed by atoms with Crippen molar-refractivity contribution in [1.82, 2.24) is 9.80 Å². The minimum Gasteiger partial charge on any atom is -0.379 e. The number of halogens is 1. The second-order valence-electron chi connectivity index (χ2n) is 4.14. The van der Waals surface area contributed by atoms with E-state index in [1.165, 1.54) is 32.6 Å². The SMILES string of the molecule is BrC1CCN(CCN2CCOCC2)C1. The maximum absolute atomic E-state index is 5.33. The Morgan fingerprint density at radius 3 is 2.43 bits per heavy atom. The van der Waals surface area contributed by atoms with Gasteiger partial charge in [-0.05, 0) is 13.0 Å². The van der Waals surface area contributed by atoms with Crippen molar-refractivity contribution in [3.8, 4) is 0 Å². The van der Waals surface area contributed by atoms with E-state index >= 15 is 0 Å². The number of nitrogens with zero attached hydrogens (tertiary/aromatic N) is 2. The summed E-state index contributed by atoms with van der Waals surface area (Å²) in [5.74, 6) is 0. The summed E-state index contributed by atoms with van der Waals surface area (Å²) in [6.45, 7) is 9.00. The molecule has 0 radical (unpaired) electrons. The first-order valence-electron chi connectivity index (χ1n) is 5.51. The van der Waals surface area contributed by atoms with Crippen molar-refractivity contribution in [2.24, 2.45) is 0 Å². The van der Waals surface area contributed by atoms with Crippen LogP contribution in [0.4, 0.5) is 0 Å². The molecule has 14 heavy (non-hydrogen) atoms. The predicted octanol–water partition coefficient (Wildman–Crippen LogP) is 0.788. The number of rotatable bonds is 3. The Bertz CT molecular complexity index is 169. The van der Waals surface area contributed by atoms with E-state index in [-0.39, 0.29) is 0 Å². The highest BCUT2D eigenvalue weighted by Crippen LogP contribution is 2.15. The fourth-order valence-electron chi connectivity index (χ4n) is 2.10. The quantitative estimate of drug-likeness (QED) is 0.700. The first-order valence-corrected chi connectivity index (χ1v) is 6.43. The molecule has 82 valence electrons. The zero-order valence-corrected chi connectivity index (χ0v) is 10.2. The van der Waals surface area contributed by atoms with E-state index in [1.54, 1.807) is 0 Å². The number of alkyl halides is 1. The monoisotopic (exact) mass is 262 g/mol. The van der Waals surface area contributed by atoms with Crippen LogP contribution in [0.2, 0.25) is 0 Å². The largest absolute Gasteiger partial charge is 0.379 e. The summed E-state index contributed by atoms with van der Waals surface area (Å²) in [7, 11) is 0. The predicted molar refractivity (Wildman–Crippen MR) is 61.0 cm³/mol. The van der Waals surface area contributed by atoms with Crippen molar-refractivity contribution in [1.29, 1.82) is 0 Å². The fraction of sp³-hybridized carbons (Fsp3) is 1.00. The Labute approximate surface area is 94.5 Å². The average Bonchev–Trinajstić information content (AvgIpc) is 2.63. The van der Waals surface area contributed by atoms with Crippen LogP contribution in [0.15, 0.2) is 0 Å². The van der Waals surface area contributed by atoms with Crippen LogP contribution in [0, 0.1) is 0 Å². The lowest BCUT2D eigenvalue weighted by atomic mass is 10.4. The molecule has 2 aliphatic rings. The molecule has 2 rings (SSSR count). The minimum absolute atomic E-state index is 0.729. The highest BCUT2D eigenvalue weighted by molar-refractivity contribution is 9.09. The van der Waals surface area contributed by atoms with Gasteiger partial charge in [-0.15, -0.1) is 0 Å². The van der Waals surface area contributed by atoms with Gasteiger partial charge in [0.2, 0.25) is 0 Å². The van der Waals surface area contributed by atoms with Gasteiger partial charge in [-0.3, -0.25) is 4.90 Å². The molecule has 0 aromatic carbocycles. The van der Waals surface area contributed by atoms with Gasteiger partial charge in [-0.1, -0.05) is 15.9 Å². The third-order valence-corrected chi connectivity index (χ3v) is 3.80. The molecule has 0 bridgehead atoms. The average molecular weight is 263 g/mol. The lowest BCUT2D eigenvalue weighted by Crippen LogP contribution is -2.41. The van der Waals surface area contributed by atoms with Gasteiger partial charge < -0.3 is 9.64 Å². The van der Waals surface area contributed by atoms with Gasteiger partial charge in [-0.2, -0.15) is 0 Å². The van der Waals surface area contributed by atoms with Gasteiger partial charge in [0.25, 0.3) is 0 Å². The number of likely N-dealkylation sites (tertiary alicyclic amines) is 1. The van der Waals surface area contributed by atoms with Crippen molar-refractivity contribution >= 4 is 15.9 Å². The van der Waals surface area contributed by atoms with Gasteiger partial charge in [-0.25, -0.2) is 0 Å². The fourth-order valence-corrected chi connectivity index (χ4v) is 2.71. The molecular weight excluding hydrogens is 244 g/mol. The van der Waals surface area contributed by atoms with E-state index in [0.717, 1.165) is 31.1 Å². The lowest BCUT2D eigenvalue weighted by Gasteiger charge is -2.28. The van der Waals surface area contributed by atoms with Crippen molar-refractivity contribution in [2.45, 2.75) is 11.2 Å². The summed E-state index contributed by atoms with van der Waals surface area (Å²) in [4.78, 5) is 5.78. The number of hydrogen-bond acceptors (Lipinski definition) is 3. The van der Waals surface area contributed by atoms with Crippen LogP contribution >= 0.6 is 15.9 Å². The Balaban J connectivity index is 1.61. The Morgan fingerprint density at radius 1 is 1.07 bits per heavy atom. The summed E-state index contributed by atoms with van der Waals surface area (Å²) < 4.78 is 5.33. The Hall–Kier alpha value is 0.360. The molecule has 0 aliphatic carbocycles. The summed E-state index contributed by atoms with van der Waals surface area (Å²) >= 11 is 3.67. The molecule has 0 amide bonds. The first-order chi connectivity index (χ1) is 6.84. The summed E-state index contributed by atoms with van der Waals surface area (Å²) in [5.41, 5.74) is 0. The zero-order valence-electron chi connectivity index (χ0n) is 8.62. The van der Waals surface area contributed by atoms with Crippen molar-refractivity contribution in [2.75, 3.05) is 52.5 Å². The molecule has 2 aliphatic heterocycles. The summed E-state index contributed by atoms with van der Waals surface area (Å²) in [6, 6.07) is 0. The van der Waals surface area contributed by atoms with Gasteiger partial charge in [0.1, 0.15) is 0 Å². The standard InChI is InChI=1S/C10H19BrN2O/c11-10-1-2-13(9-10)4-3-12-5-7-14-8-6-12/h10H,1-9H2. The highest BCUT2D eigenvalue weighted by atomic mass is 79.9. The molecule has 2 heterocycles. The van der Waals surface area contributed by atoms with Gasteiger partial charge in [0.05, 0.1) is 13.2 Å². The van der Waals surface area contributed by atoms with Crippen LogP contribution in [0.5, 0.6) is 0 Å². The Kier molecular flexibility index (Phi) is 4.23. The van der Waals surface area contributed by atoms with E-state index in [9.17, 15) is 0 Å². The molecule has 0 aromatic heterocycles. The van der Waals surface area contributed by atoms with E-state index in [1.807, 2.05) is 0 Å². The van der Waals surface area contributed by atoms with Gasteiger partial charge in [0.15, 0.2) is 0 Å². The van der Waals surface area contributed by atoms with Crippen LogP contribution in [-0.4, -0.2) is 67.1 Å². The van der Waals surface area contributed by atoms with Gasteiger partial charge in [0, 0.05) is 37.6 Å². The maximum atomic E-state index is 5.33. The molecule has 2 fully saturated rings. The summed E-state index contributed by atoms with van der Waals surface area (Å²) in [6.07, 6.45) is 1.31. The molecule has 4 heteroatoms. The topological polar surface area (TPSA) is 15.7 Å². The molecule has 2 saturated heterocycles. The van der Waals surface area contributed by atoms with Crippen LogP contribution in [0.1, 0.15) is 6.42 Å². The highest BCUT2D eigenvalue weighted by Gasteiger charge is 2.20. The molecule has 0 saturated carbocycles. The number of hydrogen-bond donors (Lipinski definition) is 0.